The number of Topliss-reactive ketones (excluding diaryl/α,β-unsaturated/α-hetero) is 1. The summed E-state index contributed by atoms with van der Waals surface area (Å²) in [5, 5.41) is 10.0. The second-order valence-electron chi connectivity index (χ2n) is 7.22. The number of anilines is 1. The van der Waals surface area contributed by atoms with E-state index in [0.29, 0.717) is 20.6 Å². The number of rotatable bonds is 6. The number of aliphatic imine (C=N–C) groups is 1. The maximum atomic E-state index is 12.7. The van der Waals surface area contributed by atoms with Crippen LogP contribution in [0.3, 0.4) is 0 Å². The van der Waals surface area contributed by atoms with Gasteiger partial charge in [-0.05, 0) is 32.4 Å². The molecule has 1 aromatic carbocycles. The van der Waals surface area contributed by atoms with Gasteiger partial charge in [-0.25, -0.2) is 14.8 Å². The molecule has 4 rings (SSSR count). The number of ketones is 1. The Morgan fingerprint density at radius 3 is 2.84 bits per heavy atom. The quantitative estimate of drug-likeness (QED) is 0.491. The Morgan fingerprint density at radius 1 is 1.31 bits per heavy atom. The zero-order valence-corrected chi connectivity index (χ0v) is 19.5. The molecule has 1 aromatic heterocycles. The summed E-state index contributed by atoms with van der Waals surface area (Å²) in [5.41, 5.74) is 2.75. The summed E-state index contributed by atoms with van der Waals surface area (Å²) < 4.78 is 5.12. The summed E-state index contributed by atoms with van der Waals surface area (Å²) in [6, 6.07) is 8.00. The van der Waals surface area contributed by atoms with Crippen molar-refractivity contribution in [1.82, 2.24) is 5.01 Å². The average molecular weight is 471 g/mol. The summed E-state index contributed by atoms with van der Waals surface area (Å²) >= 11 is 2.37. The fraction of sp³-hybridized carbons (Fsp3) is 0.318. The molecule has 166 valence electrons. The number of nitrogens with one attached hydrogen (secondary N) is 1. The molecule has 0 saturated heterocycles. The molecule has 0 fully saturated rings. The van der Waals surface area contributed by atoms with E-state index in [1.807, 2.05) is 35.5 Å². The Hall–Kier alpha value is -2.98. The third kappa shape index (κ3) is 4.20. The number of fused-ring (bicyclic) bond motifs is 3. The Kier molecular flexibility index (Phi) is 6.43. The highest BCUT2D eigenvalue weighted by molar-refractivity contribution is 8.14. The lowest BCUT2D eigenvalue weighted by Crippen LogP contribution is -2.29. The van der Waals surface area contributed by atoms with E-state index in [2.05, 4.69) is 15.4 Å². The number of hydrogen-bond donors (Lipinski definition) is 1. The van der Waals surface area contributed by atoms with Gasteiger partial charge in [-0.15, -0.1) is 11.3 Å². The maximum absolute atomic E-state index is 12.7. The number of amides is 1. The van der Waals surface area contributed by atoms with Crippen LogP contribution in [0.2, 0.25) is 0 Å². The summed E-state index contributed by atoms with van der Waals surface area (Å²) in [5.74, 6) is -0.951. The minimum Gasteiger partial charge on any atom is -0.462 e. The molecule has 3 heterocycles. The zero-order chi connectivity index (χ0) is 22.8. The molecule has 2 aromatic rings. The second-order valence-corrected chi connectivity index (χ2v) is 9.18. The molecule has 2 aliphatic heterocycles. The fourth-order valence-corrected chi connectivity index (χ4v) is 5.57. The molecule has 2 aliphatic rings. The molecule has 8 nitrogen and oxygen atoms in total. The Balaban J connectivity index is 1.51. The Morgan fingerprint density at radius 2 is 2.09 bits per heavy atom. The Bertz CT molecular complexity index is 1150. The fourth-order valence-electron chi connectivity index (χ4n) is 3.66. The van der Waals surface area contributed by atoms with Gasteiger partial charge in [0.2, 0.25) is 5.91 Å². The largest absolute Gasteiger partial charge is 0.462 e. The van der Waals surface area contributed by atoms with Crippen LogP contribution in [0.1, 0.15) is 57.5 Å². The van der Waals surface area contributed by atoms with Crippen LogP contribution in [0.5, 0.6) is 0 Å². The van der Waals surface area contributed by atoms with E-state index in [9.17, 15) is 14.4 Å². The van der Waals surface area contributed by atoms with Gasteiger partial charge in [-0.1, -0.05) is 30.0 Å². The average Bonchev–Trinajstić information content (AvgIpc) is 3.37. The number of esters is 1. The molecule has 1 unspecified atom stereocenters. The van der Waals surface area contributed by atoms with Crippen LogP contribution in [0, 0.1) is 6.92 Å². The van der Waals surface area contributed by atoms with Gasteiger partial charge in [-0.2, -0.15) is 5.10 Å². The van der Waals surface area contributed by atoms with E-state index in [1.165, 1.54) is 18.7 Å². The van der Waals surface area contributed by atoms with Gasteiger partial charge in [0.15, 0.2) is 11.0 Å². The van der Waals surface area contributed by atoms with E-state index in [0.717, 1.165) is 29.0 Å². The van der Waals surface area contributed by atoms with Gasteiger partial charge in [0.05, 0.1) is 34.5 Å². The molecule has 0 saturated carbocycles. The molecule has 0 aliphatic carbocycles. The molecule has 0 radical (unpaired) electrons. The van der Waals surface area contributed by atoms with Crippen LogP contribution in [0.4, 0.5) is 10.7 Å². The van der Waals surface area contributed by atoms with Crippen molar-refractivity contribution >= 4 is 62.8 Å². The SMILES string of the molecule is CCOC(=O)c1c(NC(=O)CSC2=Nc3ccccc3C3CC=NN23)sc(C(C)=O)c1C. The van der Waals surface area contributed by atoms with Gasteiger partial charge < -0.3 is 10.1 Å². The molecule has 10 heteroatoms. The molecular formula is C22H22N4O4S2. The van der Waals surface area contributed by atoms with Crippen LogP contribution in [0.25, 0.3) is 0 Å². The second kappa shape index (κ2) is 9.25. The van der Waals surface area contributed by atoms with E-state index < -0.39 is 5.97 Å². The van der Waals surface area contributed by atoms with Crippen LogP contribution < -0.4 is 5.32 Å². The number of amidine groups is 1. The van der Waals surface area contributed by atoms with Crippen molar-refractivity contribution in [3.05, 3.63) is 45.8 Å². The molecule has 1 amide bonds. The molecule has 1 atom stereocenters. The number of carbonyl (C=O) groups excluding carboxylic acids is 3. The number of carbonyl (C=O) groups is 3. The normalized spacial score (nSPS) is 16.3. The van der Waals surface area contributed by atoms with E-state index in [1.54, 1.807) is 13.8 Å². The summed E-state index contributed by atoms with van der Waals surface area (Å²) in [6.45, 7) is 5.02. The predicted octanol–water partition coefficient (Wildman–Crippen LogP) is 4.54. The van der Waals surface area contributed by atoms with E-state index in [4.69, 9.17) is 4.74 Å². The molecular weight excluding hydrogens is 448 g/mol. The topological polar surface area (TPSA) is 100 Å². The highest BCUT2D eigenvalue weighted by Crippen LogP contribution is 2.41. The molecule has 0 bridgehead atoms. The van der Waals surface area contributed by atoms with Gasteiger partial charge in [0.25, 0.3) is 0 Å². The molecule has 32 heavy (non-hydrogen) atoms. The minimum absolute atomic E-state index is 0.0777. The van der Waals surface area contributed by atoms with E-state index in [-0.39, 0.29) is 35.7 Å². The highest BCUT2D eigenvalue weighted by Gasteiger charge is 2.33. The van der Waals surface area contributed by atoms with Gasteiger partial charge >= 0.3 is 5.97 Å². The lowest BCUT2D eigenvalue weighted by Gasteiger charge is -2.29. The number of ether oxygens (including phenoxy) is 1. The standard InChI is InChI=1S/C22H22N4O4S2/c1-4-30-21(29)18-12(2)19(13(3)27)32-20(18)25-17(28)11-31-22-24-15-8-6-5-7-14(15)16-9-10-23-26(16)22/h5-8,10,16H,4,9,11H2,1-3H3,(H,25,28). The van der Waals surface area contributed by atoms with Crippen LogP contribution in [-0.2, 0) is 9.53 Å². The Labute approximate surface area is 193 Å². The van der Waals surface area contributed by atoms with Crippen LogP contribution >= 0.6 is 23.1 Å². The maximum Gasteiger partial charge on any atom is 0.341 e. The summed E-state index contributed by atoms with van der Waals surface area (Å²) in [4.78, 5) is 42.2. The third-order valence-electron chi connectivity index (χ3n) is 5.07. The zero-order valence-electron chi connectivity index (χ0n) is 17.9. The van der Waals surface area contributed by atoms with Crippen molar-refractivity contribution in [2.75, 3.05) is 17.7 Å². The third-order valence-corrected chi connectivity index (χ3v) is 7.32. The minimum atomic E-state index is -0.556. The van der Waals surface area contributed by atoms with Gasteiger partial charge in [0.1, 0.15) is 5.00 Å². The van der Waals surface area contributed by atoms with Crippen molar-refractivity contribution in [1.29, 1.82) is 0 Å². The smallest absolute Gasteiger partial charge is 0.341 e. The van der Waals surface area contributed by atoms with Crippen molar-refractivity contribution in [2.24, 2.45) is 10.1 Å². The molecule has 1 N–H and O–H groups in total. The van der Waals surface area contributed by atoms with Crippen molar-refractivity contribution < 1.29 is 19.1 Å². The van der Waals surface area contributed by atoms with Crippen LogP contribution in [-0.4, -0.2) is 46.4 Å². The van der Waals surface area contributed by atoms with Gasteiger partial charge in [0, 0.05) is 18.2 Å². The number of hydrogen-bond acceptors (Lipinski definition) is 9. The first-order valence-electron chi connectivity index (χ1n) is 10.1. The van der Waals surface area contributed by atoms with E-state index >= 15 is 0 Å². The number of benzene rings is 1. The number of hydrazone groups is 1. The highest BCUT2D eigenvalue weighted by atomic mass is 32.2. The first kappa shape index (κ1) is 22.2. The number of nitrogens with zero attached hydrogens (tertiary/aromatic N) is 3. The first-order chi connectivity index (χ1) is 15.4. The monoisotopic (exact) mass is 470 g/mol. The molecule has 0 spiro atoms. The van der Waals surface area contributed by atoms with Crippen LogP contribution in [0.15, 0.2) is 34.4 Å². The van der Waals surface area contributed by atoms with Crippen molar-refractivity contribution in [2.45, 2.75) is 33.2 Å². The van der Waals surface area contributed by atoms with Crippen molar-refractivity contribution in [3.63, 3.8) is 0 Å². The summed E-state index contributed by atoms with van der Waals surface area (Å²) in [7, 11) is 0. The first-order valence-corrected chi connectivity index (χ1v) is 11.9. The lowest BCUT2D eigenvalue weighted by molar-refractivity contribution is -0.113. The lowest BCUT2D eigenvalue weighted by atomic mass is 10.0. The van der Waals surface area contributed by atoms with Gasteiger partial charge in [-0.3, -0.25) is 9.59 Å². The van der Waals surface area contributed by atoms with Crippen molar-refractivity contribution in [3.8, 4) is 0 Å². The number of para-hydroxylation sites is 1. The number of thioether (sulfide) groups is 1. The number of thiophene rings is 1. The summed E-state index contributed by atoms with van der Waals surface area (Å²) in [6.07, 6.45) is 2.64. The predicted molar refractivity (Wildman–Crippen MR) is 127 cm³/mol.